The van der Waals surface area contributed by atoms with Crippen LogP contribution >= 0.6 is 0 Å². The Hall–Kier alpha value is -0.930. The minimum absolute atomic E-state index is 0.436. The van der Waals surface area contributed by atoms with Crippen LogP contribution in [0.4, 0.5) is 0 Å². The molecule has 1 fully saturated rings. The van der Waals surface area contributed by atoms with E-state index in [1.807, 2.05) is 12.1 Å². The molecule has 0 bridgehead atoms. The van der Waals surface area contributed by atoms with E-state index in [0.29, 0.717) is 12.6 Å². The van der Waals surface area contributed by atoms with Crippen molar-refractivity contribution in [3.05, 3.63) is 30.1 Å². The van der Waals surface area contributed by atoms with Gasteiger partial charge in [0.25, 0.3) is 0 Å². The third kappa shape index (κ3) is 2.76. The lowest BCUT2D eigenvalue weighted by molar-refractivity contribution is 0.149. The van der Waals surface area contributed by atoms with Crippen LogP contribution in [0.15, 0.2) is 24.5 Å². The Morgan fingerprint density at radius 3 is 3.00 bits per heavy atom. The van der Waals surface area contributed by atoms with Gasteiger partial charge in [0, 0.05) is 30.5 Å². The van der Waals surface area contributed by atoms with Crippen LogP contribution in [-0.4, -0.2) is 22.7 Å². The van der Waals surface area contributed by atoms with Crippen molar-refractivity contribution < 1.29 is 5.11 Å². The Morgan fingerprint density at radius 2 is 2.40 bits per heavy atom. The summed E-state index contributed by atoms with van der Waals surface area (Å²) in [7, 11) is 0. The first kappa shape index (κ1) is 10.6. The van der Waals surface area contributed by atoms with E-state index in [1.54, 1.807) is 12.4 Å². The Labute approximate surface area is 90.5 Å². The van der Waals surface area contributed by atoms with Gasteiger partial charge in [0.1, 0.15) is 0 Å². The first-order valence-electron chi connectivity index (χ1n) is 5.57. The molecule has 0 aromatic carbocycles. The van der Waals surface area contributed by atoms with Crippen LogP contribution in [0.2, 0.25) is 0 Å². The summed E-state index contributed by atoms with van der Waals surface area (Å²) in [4.78, 5) is 3.99. The summed E-state index contributed by atoms with van der Waals surface area (Å²) in [6, 6.07) is 4.36. The van der Waals surface area contributed by atoms with Crippen LogP contribution in [-0.2, 0) is 0 Å². The summed E-state index contributed by atoms with van der Waals surface area (Å²) < 4.78 is 0. The fourth-order valence-corrected chi connectivity index (χ4v) is 2.04. The van der Waals surface area contributed by atoms with Crippen LogP contribution < -0.4 is 5.32 Å². The molecule has 1 aliphatic carbocycles. The van der Waals surface area contributed by atoms with Gasteiger partial charge in [-0.3, -0.25) is 4.98 Å². The molecular weight excluding hydrogens is 188 g/mol. The average molecular weight is 206 g/mol. The topological polar surface area (TPSA) is 45.1 Å². The molecule has 0 saturated heterocycles. The van der Waals surface area contributed by atoms with Crippen LogP contribution in [0.1, 0.15) is 31.4 Å². The van der Waals surface area contributed by atoms with E-state index < -0.39 is 6.10 Å². The average Bonchev–Trinajstić information content (AvgIpc) is 2.23. The molecule has 82 valence electrons. The maximum absolute atomic E-state index is 9.85. The normalized spacial score (nSPS) is 27.1. The summed E-state index contributed by atoms with van der Waals surface area (Å²) in [5.74, 6) is 0.845. The molecule has 0 aliphatic heterocycles. The molecule has 1 aromatic heterocycles. The SMILES string of the molecule is CC1CC(NCC(O)c2cccnc2)C1. The van der Waals surface area contributed by atoms with Crippen molar-refractivity contribution in [2.45, 2.75) is 31.9 Å². The third-order valence-electron chi connectivity index (χ3n) is 3.04. The quantitative estimate of drug-likeness (QED) is 0.784. The van der Waals surface area contributed by atoms with E-state index in [-0.39, 0.29) is 0 Å². The maximum atomic E-state index is 9.85. The van der Waals surface area contributed by atoms with Crippen LogP contribution in [0.3, 0.4) is 0 Å². The van der Waals surface area contributed by atoms with Crippen molar-refractivity contribution in [2.75, 3.05) is 6.54 Å². The first-order valence-corrected chi connectivity index (χ1v) is 5.57. The minimum atomic E-state index is -0.436. The highest BCUT2D eigenvalue weighted by Gasteiger charge is 2.25. The molecule has 3 nitrogen and oxygen atoms in total. The number of hydrogen-bond acceptors (Lipinski definition) is 3. The zero-order valence-corrected chi connectivity index (χ0v) is 9.06. The minimum Gasteiger partial charge on any atom is -0.387 e. The standard InChI is InChI=1S/C12H18N2O/c1-9-5-11(6-9)14-8-12(15)10-3-2-4-13-7-10/h2-4,7,9,11-12,14-15H,5-6,8H2,1H3. The Bertz CT molecular complexity index is 296. The molecule has 2 rings (SSSR count). The van der Waals surface area contributed by atoms with Crippen molar-refractivity contribution in [3.8, 4) is 0 Å². The zero-order valence-electron chi connectivity index (χ0n) is 9.06. The van der Waals surface area contributed by atoms with Crippen LogP contribution in [0.5, 0.6) is 0 Å². The van der Waals surface area contributed by atoms with E-state index in [1.165, 1.54) is 12.8 Å². The fraction of sp³-hybridized carbons (Fsp3) is 0.583. The molecule has 1 aromatic rings. The second-order valence-electron chi connectivity index (χ2n) is 4.48. The third-order valence-corrected chi connectivity index (χ3v) is 3.04. The van der Waals surface area contributed by atoms with Gasteiger partial charge in [-0.1, -0.05) is 13.0 Å². The number of hydrogen-bond donors (Lipinski definition) is 2. The molecular formula is C12H18N2O. The van der Waals surface area contributed by atoms with E-state index in [4.69, 9.17) is 0 Å². The fourth-order valence-electron chi connectivity index (χ4n) is 2.04. The second-order valence-corrected chi connectivity index (χ2v) is 4.48. The molecule has 0 radical (unpaired) electrons. The number of aliphatic hydroxyl groups is 1. The van der Waals surface area contributed by atoms with Crippen LogP contribution in [0, 0.1) is 5.92 Å². The molecule has 15 heavy (non-hydrogen) atoms. The Morgan fingerprint density at radius 1 is 1.60 bits per heavy atom. The summed E-state index contributed by atoms with van der Waals surface area (Å²) in [5, 5.41) is 13.2. The summed E-state index contributed by atoms with van der Waals surface area (Å²) >= 11 is 0. The maximum Gasteiger partial charge on any atom is 0.0929 e. The van der Waals surface area contributed by atoms with Gasteiger partial charge in [0.05, 0.1) is 6.10 Å². The van der Waals surface area contributed by atoms with Gasteiger partial charge < -0.3 is 10.4 Å². The molecule has 2 N–H and O–H groups in total. The van der Waals surface area contributed by atoms with Crippen molar-refractivity contribution in [1.29, 1.82) is 0 Å². The number of nitrogens with one attached hydrogen (secondary N) is 1. The van der Waals surface area contributed by atoms with E-state index in [0.717, 1.165) is 11.5 Å². The Balaban J connectivity index is 1.75. The van der Waals surface area contributed by atoms with Crippen molar-refractivity contribution >= 4 is 0 Å². The highest BCUT2D eigenvalue weighted by atomic mass is 16.3. The number of pyridine rings is 1. The second kappa shape index (κ2) is 4.73. The highest BCUT2D eigenvalue weighted by molar-refractivity contribution is 5.12. The van der Waals surface area contributed by atoms with Crippen molar-refractivity contribution in [1.82, 2.24) is 10.3 Å². The summed E-state index contributed by atoms with van der Waals surface area (Å²) in [6.45, 7) is 2.89. The van der Waals surface area contributed by atoms with Gasteiger partial charge in [-0.05, 0) is 24.8 Å². The first-order chi connectivity index (χ1) is 7.25. The lowest BCUT2D eigenvalue weighted by Crippen LogP contribution is -2.41. The summed E-state index contributed by atoms with van der Waals surface area (Å²) in [5.41, 5.74) is 0.886. The number of nitrogens with zero attached hydrogens (tertiary/aromatic N) is 1. The number of aliphatic hydroxyl groups excluding tert-OH is 1. The molecule has 1 heterocycles. The van der Waals surface area contributed by atoms with Gasteiger partial charge >= 0.3 is 0 Å². The Kier molecular flexibility index (Phi) is 3.34. The number of aromatic nitrogens is 1. The van der Waals surface area contributed by atoms with Crippen molar-refractivity contribution in [2.24, 2.45) is 5.92 Å². The zero-order chi connectivity index (χ0) is 10.7. The van der Waals surface area contributed by atoms with E-state index in [2.05, 4.69) is 17.2 Å². The van der Waals surface area contributed by atoms with Gasteiger partial charge in [-0.2, -0.15) is 0 Å². The largest absolute Gasteiger partial charge is 0.387 e. The van der Waals surface area contributed by atoms with Crippen LogP contribution in [0.25, 0.3) is 0 Å². The van der Waals surface area contributed by atoms with E-state index >= 15 is 0 Å². The lowest BCUT2D eigenvalue weighted by atomic mass is 9.82. The monoisotopic (exact) mass is 206 g/mol. The predicted octanol–water partition coefficient (Wildman–Crippen LogP) is 1.50. The van der Waals surface area contributed by atoms with Gasteiger partial charge in [-0.25, -0.2) is 0 Å². The highest BCUT2D eigenvalue weighted by Crippen LogP contribution is 2.26. The molecule has 1 saturated carbocycles. The summed E-state index contributed by atoms with van der Waals surface area (Å²) in [6.07, 6.45) is 5.47. The molecule has 0 amide bonds. The molecule has 3 heteroatoms. The smallest absolute Gasteiger partial charge is 0.0929 e. The van der Waals surface area contributed by atoms with E-state index in [9.17, 15) is 5.11 Å². The predicted molar refractivity (Wildman–Crippen MR) is 59.4 cm³/mol. The van der Waals surface area contributed by atoms with Gasteiger partial charge in [0.2, 0.25) is 0 Å². The molecule has 1 unspecified atom stereocenters. The molecule has 1 atom stereocenters. The van der Waals surface area contributed by atoms with Gasteiger partial charge in [0.15, 0.2) is 0 Å². The molecule has 1 aliphatic rings. The van der Waals surface area contributed by atoms with Gasteiger partial charge in [-0.15, -0.1) is 0 Å². The molecule has 0 spiro atoms. The van der Waals surface area contributed by atoms with Crippen molar-refractivity contribution in [3.63, 3.8) is 0 Å². The lowest BCUT2D eigenvalue weighted by Gasteiger charge is -2.34. The number of rotatable bonds is 4.